The number of hydrogen-bond acceptors (Lipinski definition) is 6. The highest BCUT2D eigenvalue weighted by molar-refractivity contribution is 5.94. The van der Waals surface area contributed by atoms with Crippen LogP contribution in [0.5, 0.6) is 0 Å². The molecule has 3 aliphatic rings. The molecular weight excluding hydrogens is 518 g/mol. The number of piperazine rings is 1. The lowest BCUT2D eigenvalue weighted by molar-refractivity contribution is -0.154. The summed E-state index contributed by atoms with van der Waals surface area (Å²) in [5.74, 6) is 5.85. The predicted octanol–water partition coefficient (Wildman–Crippen LogP) is 2.85. The fourth-order valence-electron chi connectivity index (χ4n) is 5.84. The van der Waals surface area contributed by atoms with Gasteiger partial charge in [0.25, 0.3) is 0 Å². The first-order valence-corrected chi connectivity index (χ1v) is 13.8. The van der Waals surface area contributed by atoms with Crippen LogP contribution in [0.15, 0.2) is 78.9 Å². The van der Waals surface area contributed by atoms with Crippen molar-refractivity contribution in [2.75, 3.05) is 32.2 Å². The van der Waals surface area contributed by atoms with E-state index in [0.29, 0.717) is 13.1 Å². The zero-order valence-corrected chi connectivity index (χ0v) is 23.6. The topological polar surface area (TPSA) is 105 Å². The summed E-state index contributed by atoms with van der Waals surface area (Å²) in [5, 5.41) is 7.68. The molecule has 2 saturated heterocycles. The van der Waals surface area contributed by atoms with Gasteiger partial charge in [0.2, 0.25) is 11.8 Å². The number of urea groups is 1. The monoisotopic (exact) mass is 555 g/mol. The molecule has 2 fully saturated rings. The average Bonchev–Trinajstić information content (AvgIpc) is 3.31. The van der Waals surface area contributed by atoms with E-state index in [0.717, 1.165) is 40.8 Å². The number of anilines is 1. The lowest BCUT2D eigenvalue weighted by atomic mass is 9.95. The number of nitrogens with two attached hydrogens (primary N) is 1. The Labute approximate surface area is 240 Å². The van der Waals surface area contributed by atoms with E-state index in [4.69, 9.17) is 5.84 Å². The number of fused-ring (bicyclic) bond motifs is 1. The highest BCUT2D eigenvalue weighted by Crippen LogP contribution is 2.34. The van der Waals surface area contributed by atoms with Crippen molar-refractivity contribution in [3.8, 4) is 0 Å². The lowest BCUT2D eigenvalue weighted by Gasteiger charge is -2.46. The van der Waals surface area contributed by atoms with E-state index in [-0.39, 0.29) is 30.9 Å². The van der Waals surface area contributed by atoms with E-state index in [9.17, 15) is 14.4 Å². The molecule has 0 saturated carbocycles. The Kier molecular flexibility index (Phi) is 8.23. The molecule has 10 nitrogen and oxygen atoms in total. The van der Waals surface area contributed by atoms with Crippen LogP contribution in [0.25, 0.3) is 6.08 Å². The Morgan fingerprint density at radius 3 is 2.59 bits per heavy atom. The summed E-state index contributed by atoms with van der Waals surface area (Å²) >= 11 is 0. The van der Waals surface area contributed by atoms with Crippen LogP contribution in [-0.2, 0) is 22.7 Å². The summed E-state index contributed by atoms with van der Waals surface area (Å²) in [6, 6.07) is 14.3. The summed E-state index contributed by atoms with van der Waals surface area (Å²) in [7, 11) is 3.41. The van der Waals surface area contributed by atoms with Crippen molar-refractivity contribution in [2.45, 2.75) is 38.1 Å². The first-order valence-electron chi connectivity index (χ1n) is 13.8. The molecule has 5 rings (SSSR count). The van der Waals surface area contributed by atoms with Crippen LogP contribution >= 0.6 is 0 Å². The Balaban J connectivity index is 1.44. The SMILES string of the molecule is C=Cc1cccc(CN2CC3N(C(=O)CN3N(C)C(=O)NCc3ccccc3)[C@@H](C3=CCCC=C3)C2=O)c1N(C)N. The van der Waals surface area contributed by atoms with Crippen molar-refractivity contribution in [1.29, 1.82) is 0 Å². The molecule has 2 aromatic carbocycles. The Bertz CT molecular complexity index is 1390. The van der Waals surface area contributed by atoms with Gasteiger partial charge in [0.05, 0.1) is 18.8 Å². The van der Waals surface area contributed by atoms with Crippen molar-refractivity contribution < 1.29 is 14.4 Å². The van der Waals surface area contributed by atoms with Crippen molar-refractivity contribution >= 4 is 29.6 Å². The van der Waals surface area contributed by atoms with Crippen LogP contribution in [0.2, 0.25) is 0 Å². The highest BCUT2D eigenvalue weighted by Gasteiger charge is 2.52. The zero-order chi connectivity index (χ0) is 29.1. The number of rotatable bonds is 8. The van der Waals surface area contributed by atoms with Gasteiger partial charge in [0.15, 0.2) is 0 Å². The molecule has 2 aliphatic heterocycles. The minimum Gasteiger partial charge on any atom is -0.333 e. The summed E-state index contributed by atoms with van der Waals surface area (Å²) < 4.78 is 0. The summed E-state index contributed by atoms with van der Waals surface area (Å²) in [4.78, 5) is 44.2. The number of amides is 4. The maximum absolute atomic E-state index is 14.1. The number of para-hydroxylation sites is 1. The third kappa shape index (κ3) is 5.61. The molecule has 10 heteroatoms. The fourth-order valence-corrected chi connectivity index (χ4v) is 5.84. The quantitative estimate of drug-likeness (QED) is 0.384. The second-order valence-electron chi connectivity index (χ2n) is 10.5. The lowest BCUT2D eigenvalue weighted by Crippen LogP contribution is -2.65. The first-order chi connectivity index (χ1) is 19.8. The number of hydrogen-bond donors (Lipinski definition) is 2. The molecule has 0 aromatic heterocycles. The number of allylic oxidation sites excluding steroid dienone is 2. The minimum atomic E-state index is -0.773. The van der Waals surface area contributed by atoms with Crippen LogP contribution < -0.4 is 16.2 Å². The number of nitrogens with one attached hydrogen (secondary N) is 1. The summed E-state index contributed by atoms with van der Waals surface area (Å²) in [6.07, 6.45) is 8.93. The highest BCUT2D eigenvalue weighted by atomic mass is 16.2. The maximum Gasteiger partial charge on any atom is 0.332 e. The van der Waals surface area contributed by atoms with Gasteiger partial charge in [0, 0.05) is 27.2 Å². The molecule has 0 bridgehead atoms. The predicted molar refractivity (Wildman–Crippen MR) is 159 cm³/mol. The first kappa shape index (κ1) is 28.1. The molecule has 2 heterocycles. The second kappa shape index (κ2) is 12.0. The molecule has 214 valence electrons. The molecule has 2 atom stereocenters. The van der Waals surface area contributed by atoms with Gasteiger partial charge >= 0.3 is 6.03 Å². The van der Waals surface area contributed by atoms with Crippen LogP contribution in [0.3, 0.4) is 0 Å². The van der Waals surface area contributed by atoms with Gasteiger partial charge in [-0.05, 0) is 35.1 Å². The maximum atomic E-state index is 14.1. The van der Waals surface area contributed by atoms with E-state index in [2.05, 4.69) is 11.9 Å². The van der Waals surface area contributed by atoms with Gasteiger partial charge in [-0.3, -0.25) is 14.6 Å². The number of benzene rings is 2. The van der Waals surface area contributed by atoms with E-state index in [1.807, 2.05) is 66.8 Å². The van der Waals surface area contributed by atoms with E-state index in [1.54, 1.807) is 35.0 Å². The van der Waals surface area contributed by atoms with Crippen LogP contribution in [0, 0.1) is 0 Å². The standard InChI is InChI=1S/C31H37N7O3/c1-4-23-16-11-17-25(28(23)34(2)32)19-36-20-26-37(35(3)31(41)33-18-22-12-7-5-8-13-22)21-27(39)38(26)29(30(36)40)24-14-9-6-10-15-24/h4-5,7-9,11-17,26,29H,1,6,10,18-21,32H2,2-3H3,(H,33,41)/t26?,29-/m0/s1. The van der Waals surface area contributed by atoms with E-state index < -0.39 is 12.2 Å². The third-order valence-corrected chi connectivity index (χ3v) is 7.85. The summed E-state index contributed by atoms with van der Waals surface area (Å²) in [6.45, 7) is 4.80. The van der Waals surface area contributed by atoms with Gasteiger partial charge in [-0.25, -0.2) is 10.6 Å². The Hall–Kier alpha value is -4.41. The zero-order valence-electron chi connectivity index (χ0n) is 23.6. The average molecular weight is 556 g/mol. The van der Waals surface area contributed by atoms with Gasteiger partial charge in [-0.2, -0.15) is 5.01 Å². The summed E-state index contributed by atoms with van der Waals surface area (Å²) in [5.41, 5.74) is 4.29. The van der Waals surface area contributed by atoms with Gasteiger partial charge in [0.1, 0.15) is 12.2 Å². The molecule has 0 spiro atoms. The minimum absolute atomic E-state index is 0.00270. The molecular formula is C31H37N7O3. The van der Waals surface area contributed by atoms with Crippen molar-refractivity contribution in [2.24, 2.45) is 5.84 Å². The number of nitrogens with zero attached hydrogens (tertiary/aromatic N) is 5. The van der Waals surface area contributed by atoms with Crippen LogP contribution in [-0.4, -0.2) is 77.1 Å². The normalized spacial score (nSPS) is 20.5. The molecule has 41 heavy (non-hydrogen) atoms. The van der Waals surface area contributed by atoms with E-state index in [1.165, 1.54) is 10.0 Å². The molecule has 3 N–H and O–H groups in total. The smallest absolute Gasteiger partial charge is 0.332 e. The van der Waals surface area contributed by atoms with Crippen molar-refractivity contribution in [3.63, 3.8) is 0 Å². The molecule has 0 radical (unpaired) electrons. The third-order valence-electron chi connectivity index (χ3n) is 7.85. The Morgan fingerprint density at radius 2 is 1.90 bits per heavy atom. The van der Waals surface area contributed by atoms with Gasteiger partial charge < -0.3 is 20.1 Å². The number of carbonyl (C=O) groups excluding carboxylic acids is 3. The van der Waals surface area contributed by atoms with Gasteiger partial charge in [-0.15, -0.1) is 0 Å². The fraction of sp³-hybridized carbons (Fsp3) is 0.323. The Morgan fingerprint density at radius 1 is 1.12 bits per heavy atom. The van der Waals surface area contributed by atoms with Crippen LogP contribution in [0.1, 0.15) is 29.5 Å². The number of carbonyl (C=O) groups is 3. The van der Waals surface area contributed by atoms with Crippen molar-refractivity contribution in [1.82, 2.24) is 25.1 Å². The number of hydrazine groups is 2. The second-order valence-corrected chi connectivity index (χ2v) is 10.5. The van der Waals surface area contributed by atoms with Crippen LogP contribution in [0.4, 0.5) is 10.5 Å². The van der Waals surface area contributed by atoms with Crippen molar-refractivity contribution in [3.05, 3.63) is 95.6 Å². The largest absolute Gasteiger partial charge is 0.333 e. The molecule has 1 unspecified atom stereocenters. The van der Waals surface area contributed by atoms with E-state index >= 15 is 0 Å². The molecule has 1 aliphatic carbocycles. The molecule has 2 aromatic rings. The molecule has 4 amide bonds. The van der Waals surface area contributed by atoms with Gasteiger partial charge in [-0.1, -0.05) is 79.4 Å².